The van der Waals surface area contributed by atoms with Crippen LogP contribution in [0.4, 0.5) is 4.39 Å². The molecular weight excluding hydrogens is 211 g/mol. The van der Waals surface area contributed by atoms with Crippen LogP contribution in [0.2, 0.25) is 0 Å². The van der Waals surface area contributed by atoms with Gasteiger partial charge in [0.25, 0.3) is 0 Å². The lowest BCUT2D eigenvalue weighted by Crippen LogP contribution is -2.69. The molecule has 1 aliphatic rings. The summed E-state index contributed by atoms with van der Waals surface area (Å²) in [5, 5.41) is 2.73. The Labute approximate surface area is 95.2 Å². The van der Waals surface area contributed by atoms with Gasteiger partial charge in [-0.15, -0.1) is 0 Å². The topological polar surface area (TPSA) is 49.4 Å². The van der Waals surface area contributed by atoms with E-state index in [0.29, 0.717) is 12.8 Å². The van der Waals surface area contributed by atoms with Gasteiger partial charge in [0.1, 0.15) is 18.3 Å². The van der Waals surface area contributed by atoms with Crippen LogP contribution in [0.5, 0.6) is 0 Å². The third-order valence-electron chi connectivity index (χ3n) is 3.23. The summed E-state index contributed by atoms with van der Waals surface area (Å²) < 4.78 is 12.4. The molecule has 1 saturated heterocycles. The number of alkyl halides is 1. The molecule has 16 heavy (non-hydrogen) atoms. The molecule has 0 aromatic rings. The fourth-order valence-electron chi connectivity index (χ4n) is 2.00. The summed E-state index contributed by atoms with van der Waals surface area (Å²) in [6.07, 6.45) is 1.02. The zero-order valence-electron chi connectivity index (χ0n) is 10.0. The number of rotatable bonds is 4. The summed E-state index contributed by atoms with van der Waals surface area (Å²) in [7, 11) is 0. The van der Waals surface area contributed by atoms with Gasteiger partial charge in [0, 0.05) is 6.54 Å². The van der Waals surface area contributed by atoms with E-state index in [1.165, 1.54) is 4.90 Å². The standard InChI is InChI=1S/C11H19FN2O2/c1-4-8-9(15)13-11(3,5-2)10(16)14(8)7-6-12/h8H,4-7H2,1-3H3,(H,13,15). The monoisotopic (exact) mass is 230 g/mol. The highest BCUT2D eigenvalue weighted by Gasteiger charge is 2.45. The Balaban J connectivity index is 2.98. The van der Waals surface area contributed by atoms with Crippen molar-refractivity contribution in [3.8, 4) is 0 Å². The van der Waals surface area contributed by atoms with Gasteiger partial charge in [-0.05, 0) is 19.8 Å². The normalized spacial score (nSPS) is 30.5. The largest absolute Gasteiger partial charge is 0.340 e. The van der Waals surface area contributed by atoms with Gasteiger partial charge in [-0.25, -0.2) is 4.39 Å². The van der Waals surface area contributed by atoms with E-state index in [0.717, 1.165) is 0 Å². The number of carbonyl (C=O) groups excluding carboxylic acids is 2. The third-order valence-corrected chi connectivity index (χ3v) is 3.23. The highest BCUT2D eigenvalue weighted by molar-refractivity contribution is 5.99. The Morgan fingerprint density at radius 3 is 2.50 bits per heavy atom. The molecule has 0 radical (unpaired) electrons. The molecule has 5 heteroatoms. The Bertz CT molecular complexity index is 296. The van der Waals surface area contributed by atoms with Gasteiger partial charge in [0.2, 0.25) is 11.8 Å². The zero-order chi connectivity index (χ0) is 12.3. The first-order valence-corrected chi connectivity index (χ1v) is 5.69. The molecule has 4 nitrogen and oxygen atoms in total. The van der Waals surface area contributed by atoms with Crippen LogP contribution in [0.15, 0.2) is 0 Å². The minimum absolute atomic E-state index is 0.000347. The third kappa shape index (κ3) is 2.03. The quantitative estimate of drug-likeness (QED) is 0.778. The first-order valence-electron chi connectivity index (χ1n) is 5.69. The molecule has 1 rings (SSSR count). The molecule has 0 spiro atoms. The minimum Gasteiger partial charge on any atom is -0.340 e. The lowest BCUT2D eigenvalue weighted by molar-refractivity contribution is -0.154. The lowest BCUT2D eigenvalue weighted by Gasteiger charge is -2.43. The van der Waals surface area contributed by atoms with Crippen LogP contribution in [0.1, 0.15) is 33.6 Å². The Kier molecular flexibility index (Phi) is 3.88. The molecule has 0 saturated carbocycles. The molecule has 0 aromatic heterocycles. The van der Waals surface area contributed by atoms with E-state index in [9.17, 15) is 14.0 Å². The van der Waals surface area contributed by atoms with Crippen molar-refractivity contribution < 1.29 is 14.0 Å². The van der Waals surface area contributed by atoms with Crippen LogP contribution in [0, 0.1) is 0 Å². The average molecular weight is 230 g/mol. The van der Waals surface area contributed by atoms with Gasteiger partial charge < -0.3 is 10.2 Å². The molecule has 2 unspecified atom stereocenters. The first-order chi connectivity index (χ1) is 7.50. The minimum atomic E-state index is -0.877. The maximum Gasteiger partial charge on any atom is 0.248 e. The van der Waals surface area contributed by atoms with Crippen LogP contribution >= 0.6 is 0 Å². The molecule has 1 aliphatic heterocycles. The predicted octanol–water partition coefficient (Wildman–Crippen LogP) is 0.862. The van der Waals surface area contributed by atoms with E-state index in [2.05, 4.69) is 5.32 Å². The second-order valence-corrected chi connectivity index (χ2v) is 4.29. The summed E-state index contributed by atoms with van der Waals surface area (Å²) in [6, 6.07) is -0.525. The molecule has 0 aromatic carbocycles. The van der Waals surface area contributed by atoms with Crippen molar-refractivity contribution in [2.24, 2.45) is 0 Å². The first kappa shape index (κ1) is 12.9. The summed E-state index contributed by atoms with van der Waals surface area (Å²) in [6.45, 7) is 4.72. The number of nitrogens with one attached hydrogen (secondary N) is 1. The van der Waals surface area contributed by atoms with Gasteiger partial charge >= 0.3 is 0 Å². The summed E-state index contributed by atoms with van der Waals surface area (Å²) in [4.78, 5) is 25.3. The highest BCUT2D eigenvalue weighted by Crippen LogP contribution is 2.22. The number of piperazine rings is 1. The molecule has 1 N–H and O–H groups in total. The maximum atomic E-state index is 12.4. The van der Waals surface area contributed by atoms with Gasteiger partial charge in [0.05, 0.1) is 0 Å². The molecule has 2 atom stereocenters. The number of carbonyl (C=O) groups is 2. The van der Waals surface area contributed by atoms with Crippen molar-refractivity contribution >= 4 is 11.8 Å². The SMILES string of the molecule is CCC1C(=O)NC(C)(CC)C(=O)N1CCF. The Morgan fingerprint density at radius 2 is 2.06 bits per heavy atom. The van der Waals surface area contributed by atoms with Crippen LogP contribution in [0.3, 0.4) is 0 Å². The van der Waals surface area contributed by atoms with Crippen LogP contribution in [0.25, 0.3) is 0 Å². The predicted molar refractivity (Wildman–Crippen MR) is 58.6 cm³/mol. The number of nitrogens with zero attached hydrogens (tertiary/aromatic N) is 1. The fourth-order valence-corrected chi connectivity index (χ4v) is 2.00. The van der Waals surface area contributed by atoms with Gasteiger partial charge in [-0.2, -0.15) is 0 Å². The molecule has 92 valence electrons. The van der Waals surface area contributed by atoms with Gasteiger partial charge in [-0.3, -0.25) is 9.59 Å². The summed E-state index contributed by atoms with van der Waals surface area (Å²) in [5.41, 5.74) is -0.877. The Morgan fingerprint density at radius 1 is 1.44 bits per heavy atom. The van der Waals surface area contributed by atoms with Crippen LogP contribution in [-0.4, -0.2) is 41.5 Å². The molecule has 2 amide bonds. The van der Waals surface area contributed by atoms with Gasteiger partial charge in [-0.1, -0.05) is 13.8 Å². The fraction of sp³-hybridized carbons (Fsp3) is 0.818. The van der Waals surface area contributed by atoms with E-state index in [1.54, 1.807) is 6.92 Å². The zero-order valence-corrected chi connectivity index (χ0v) is 10.0. The molecule has 0 bridgehead atoms. The Hall–Kier alpha value is -1.13. The number of halogens is 1. The van der Waals surface area contributed by atoms with Crippen molar-refractivity contribution in [3.63, 3.8) is 0 Å². The van der Waals surface area contributed by atoms with E-state index in [1.807, 2.05) is 13.8 Å². The molecule has 1 fully saturated rings. The molecular formula is C11H19FN2O2. The highest BCUT2D eigenvalue weighted by atomic mass is 19.1. The van der Waals surface area contributed by atoms with E-state index >= 15 is 0 Å². The van der Waals surface area contributed by atoms with Crippen molar-refractivity contribution in [1.29, 1.82) is 0 Å². The van der Waals surface area contributed by atoms with Crippen LogP contribution < -0.4 is 5.32 Å². The molecule has 1 heterocycles. The van der Waals surface area contributed by atoms with Crippen molar-refractivity contribution in [2.45, 2.75) is 45.2 Å². The smallest absolute Gasteiger partial charge is 0.248 e. The number of hydrogen-bond donors (Lipinski definition) is 1. The lowest BCUT2D eigenvalue weighted by atomic mass is 9.91. The van der Waals surface area contributed by atoms with Crippen molar-refractivity contribution in [1.82, 2.24) is 10.2 Å². The maximum absolute atomic E-state index is 12.4. The number of hydrogen-bond acceptors (Lipinski definition) is 2. The molecule has 0 aliphatic carbocycles. The second kappa shape index (κ2) is 4.80. The summed E-state index contributed by atoms with van der Waals surface area (Å²) >= 11 is 0. The van der Waals surface area contributed by atoms with Crippen molar-refractivity contribution in [2.75, 3.05) is 13.2 Å². The second-order valence-electron chi connectivity index (χ2n) is 4.29. The van der Waals surface area contributed by atoms with Crippen molar-refractivity contribution in [3.05, 3.63) is 0 Å². The van der Waals surface area contributed by atoms with E-state index in [-0.39, 0.29) is 18.4 Å². The van der Waals surface area contributed by atoms with E-state index in [4.69, 9.17) is 0 Å². The van der Waals surface area contributed by atoms with Crippen LogP contribution in [-0.2, 0) is 9.59 Å². The summed E-state index contributed by atoms with van der Waals surface area (Å²) in [5.74, 6) is -0.362. The van der Waals surface area contributed by atoms with Gasteiger partial charge in [0.15, 0.2) is 0 Å². The van der Waals surface area contributed by atoms with E-state index < -0.39 is 18.3 Å². The number of amides is 2. The average Bonchev–Trinajstić information content (AvgIpc) is 2.26.